The maximum Gasteiger partial charge on any atom is 0.225 e. The summed E-state index contributed by atoms with van der Waals surface area (Å²) in [4.78, 5) is 19.7. The highest BCUT2D eigenvalue weighted by Gasteiger charge is 2.17. The van der Waals surface area contributed by atoms with E-state index in [0.29, 0.717) is 13.0 Å². The van der Waals surface area contributed by atoms with Crippen molar-refractivity contribution in [2.75, 3.05) is 24.6 Å². The van der Waals surface area contributed by atoms with E-state index in [1.807, 2.05) is 35.8 Å². The molecule has 0 aromatic carbocycles. The fourth-order valence-corrected chi connectivity index (χ4v) is 3.27. The summed E-state index contributed by atoms with van der Waals surface area (Å²) in [5, 5.41) is 4.92. The zero-order chi connectivity index (χ0) is 16.1. The minimum Gasteiger partial charge on any atom is -0.375 e. The SMILES string of the molecule is C[C@@H]1CN(c2ccc(CNC(=O)Cc3cccs3)cn2)CCO1. The fourth-order valence-electron chi connectivity index (χ4n) is 2.57. The number of nitrogens with one attached hydrogen (secondary N) is 1. The molecule has 1 N–H and O–H groups in total. The van der Waals surface area contributed by atoms with E-state index in [2.05, 4.69) is 22.1 Å². The summed E-state index contributed by atoms with van der Waals surface area (Å²) in [6, 6.07) is 7.97. The molecule has 122 valence electrons. The second-order valence-electron chi connectivity index (χ2n) is 5.68. The number of thiophene rings is 1. The molecule has 0 radical (unpaired) electrons. The molecular formula is C17H21N3O2S. The highest BCUT2D eigenvalue weighted by Crippen LogP contribution is 2.15. The van der Waals surface area contributed by atoms with Gasteiger partial charge in [0.25, 0.3) is 0 Å². The first-order chi connectivity index (χ1) is 11.2. The second kappa shape index (κ2) is 7.57. The second-order valence-corrected chi connectivity index (χ2v) is 6.72. The lowest BCUT2D eigenvalue weighted by atomic mass is 10.2. The lowest BCUT2D eigenvalue weighted by Gasteiger charge is -2.32. The molecule has 0 spiro atoms. The third kappa shape index (κ3) is 4.53. The van der Waals surface area contributed by atoms with Crippen LogP contribution in [0.4, 0.5) is 5.82 Å². The average molecular weight is 331 g/mol. The Bertz CT molecular complexity index is 628. The van der Waals surface area contributed by atoms with Gasteiger partial charge in [-0.3, -0.25) is 4.79 Å². The van der Waals surface area contributed by atoms with Crippen LogP contribution in [0.15, 0.2) is 35.8 Å². The van der Waals surface area contributed by atoms with E-state index < -0.39 is 0 Å². The molecule has 0 bridgehead atoms. The Kier molecular flexibility index (Phi) is 5.25. The van der Waals surface area contributed by atoms with Gasteiger partial charge in [0, 0.05) is 30.7 Å². The van der Waals surface area contributed by atoms with Crippen molar-refractivity contribution in [2.45, 2.75) is 26.0 Å². The summed E-state index contributed by atoms with van der Waals surface area (Å²) >= 11 is 1.60. The van der Waals surface area contributed by atoms with Gasteiger partial charge in [-0.05, 0) is 30.0 Å². The first kappa shape index (κ1) is 16.0. The van der Waals surface area contributed by atoms with Gasteiger partial charge in [0.15, 0.2) is 0 Å². The molecule has 23 heavy (non-hydrogen) atoms. The minimum absolute atomic E-state index is 0.0403. The van der Waals surface area contributed by atoms with Crippen molar-refractivity contribution in [2.24, 2.45) is 0 Å². The van der Waals surface area contributed by atoms with Gasteiger partial charge in [0.2, 0.25) is 5.91 Å². The summed E-state index contributed by atoms with van der Waals surface area (Å²) in [6.07, 6.45) is 2.51. The van der Waals surface area contributed by atoms with Crippen molar-refractivity contribution in [1.82, 2.24) is 10.3 Å². The molecule has 2 aromatic rings. The van der Waals surface area contributed by atoms with E-state index in [4.69, 9.17) is 4.74 Å². The minimum atomic E-state index is 0.0403. The zero-order valence-corrected chi connectivity index (χ0v) is 14.0. The van der Waals surface area contributed by atoms with Gasteiger partial charge < -0.3 is 15.0 Å². The highest BCUT2D eigenvalue weighted by molar-refractivity contribution is 7.10. The topological polar surface area (TPSA) is 54.5 Å². The number of nitrogens with zero attached hydrogens (tertiary/aromatic N) is 2. The molecule has 2 aromatic heterocycles. The molecule has 0 aliphatic carbocycles. The molecule has 3 heterocycles. The summed E-state index contributed by atoms with van der Waals surface area (Å²) in [6.45, 7) is 5.06. The van der Waals surface area contributed by atoms with Crippen LogP contribution in [0.5, 0.6) is 0 Å². The van der Waals surface area contributed by atoms with Crippen molar-refractivity contribution in [1.29, 1.82) is 0 Å². The Balaban J connectivity index is 1.50. The maximum absolute atomic E-state index is 11.9. The Hall–Kier alpha value is -1.92. The Morgan fingerprint density at radius 2 is 2.39 bits per heavy atom. The van der Waals surface area contributed by atoms with Gasteiger partial charge >= 0.3 is 0 Å². The number of rotatable bonds is 5. The van der Waals surface area contributed by atoms with E-state index >= 15 is 0 Å². The van der Waals surface area contributed by atoms with E-state index in [-0.39, 0.29) is 12.0 Å². The quantitative estimate of drug-likeness (QED) is 0.913. The van der Waals surface area contributed by atoms with Gasteiger partial charge in [0.05, 0.1) is 19.1 Å². The Morgan fingerprint density at radius 1 is 1.48 bits per heavy atom. The number of ether oxygens (including phenoxy) is 1. The number of anilines is 1. The fraction of sp³-hybridized carbons (Fsp3) is 0.412. The van der Waals surface area contributed by atoms with Gasteiger partial charge in [-0.25, -0.2) is 4.98 Å². The summed E-state index contributed by atoms with van der Waals surface area (Å²) in [7, 11) is 0. The van der Waals surface area contributed by atoms with Crippen LogP contribution in [-0.2, 0) is 22.5 Å². The molecule has 6 heteroatoms. The Morgan fingerprint density at radius 3 is 3.09 bits per heavy atom. The molecule has 3 rings (SSSR count). The molecule has 0 saturated carbocycles. The lowest BCUT2D eigenvalue weighted by molar-refractivity contribution is -0.120. The van der Waals surface area contributed by atoms with Crippen LogP contribution in [0.25, 0.3) is 0 Å². The van der Waals surface area contributed by atoms with E-state index in [9.17, 15) is 4.79 Å². The van der Waals surface area contributed by atoms with Crippen molar-refractivity contribution in [3.05, 3.63) is 46.3 Å². The molecule has 1 amide bonds. The number of pyridine rings is 1. The van der Waals surface area contributed by atoms with E-state index in [1.54, 1.807) is 11.3 Å². The van der Waals surface area contributed by atoms with Gasteiger partial charge in [-0.2, -0.15) is 0 Å². The number of morpholine rings is 1. The smallest absolute Gasteiger partial charge is 0.225 e. The maximum atomic E-state index is 11.9. The molecule has 1 atom stereocenters. The summed E-state index contributed by atoms with van der Waals surface area (Å²) in [5.74, 6) is 1.01. The number of carbonyl (C=O) groups excluding carboxylic acids is 1. The highest BCUT2D eigenvalue weighted by atomic mass is 32.1. The van der Waals surface area contributed by atoms with Crippen molar-refractivity contribution >= 4 is 23.1 Å². The first-order valence-corrected chi connectivity index (χ1v) is 8.69. The number of hydrogen-bond acceptors (Lipinski definition) is 5. The summed E-state index contributed by atoms with van der Waals surface area (Å²) in [5.41, 5.74) is 1.01. The van der Waals surface area contributed by atoms with Gasteiger partial charge in [-0.15, -0.1) is 11.3 Å². The third-order valence-electron chi connectivity index (χ3n) is 3.78. The largest absolute Gasteiger partial charge is 0.375 e. The average Bonchev–Trinajstić information content (AvgIpc) is 3.06. The predicted molar refractivity (Wildman–Crippen MR) is 91.7 cm³/mol. The number of hydrogen-bond donors (Lipinski definition) is 1. The third-order valence-corrected chi connectivity index (χ3v) is 4.66. The normalized spacial score (nSPS) is 18.0. The zero-order valence-electron chi connectivity index (χ0n) is 13.2. The summed E-state index contributed by atoms with van der Waals surface area (Å²) < 4.78 is 5.55. The van der Waals surface area contributed by atoms with Crippen molar-refractivity contribution < 1.29 is 9.53 Å². The van der Waals surface area contributed by atoms with Crippen LogP contribution in [0.2, 0.25) is 0 Å². The molecule has 1 saturated heterocycles. The molecule has 1 fully saturated rings. The molecule has 1 aliphatic rings. The number of carbonyl (C=O) groups is 1. The van der Waals surface area contributed by atoms with Crippen LogP contribution in [0.3, 0.4) is 0 Å². The standard InChI is InChI=1S/C17H21N3O2S/c1-13-12-20(6-7-22-13)16-5-4-14(10-18-16)11-19-17(21)9-15-3-2-8-23-15/h2-5,8,10,13H,6-7,9,11-12H2,1H3,(H,19,21)/t13-/m1/s1. The number of aromatic nitrogens is 1. The van der Waals surface area contributed by atoms with Crippen LogP contribution in [-0.4, -0.2) is 36.7 Å². The Labute approximate surface area is 140 Å². The van der Waals surface area contributed by atoms with Gasteiger partial charge in [-0.1, -0.05) is 12.1 Å². The van der Waals surface area contributed by atoms with Crippen molar-refractivity contribution in [3.8, 4) is 0 Å². The molecule has 0 unspecified atom stereocenters. The van der Waals surface area contributed by atoms with Crippen LogP contribution < -0.4 is 10.2 Å². The number of amides is 1. The van der Waals surface area contributed by atoms with E-state index in [1.165, 1.54) is 0 Å². The predicted octanol–water partition coefficient (Wildman–Crippen LogP) is 2.23. The molecule has 1 aliphatic heterocycles. The van der Waals surface area contributed by atoms with E-state index in [0.717, 1.165) is 36.0 Å². The van der Waals surface area contributed by atoms with Crippen LogP contribution in [0, 0.1) is 0 Å². The monoisotopic (exact) mass is 331 g/mol. The molecule has 5 nitrogen and oxygen atoms in total. The molecular weight excluding hydrogens is 310 g/mol. The van der Waals surface area contributed by atoms with Gasteiger partial charge in [0.1, 0.15) is 5.82 Å². The first-order valence-electron chi connectivity index (χ1n) is 7.81. The van der Waals surface area contributed by atoms with Crippen LogP contribution in [0.1, 0.15) is 17.4 Å². The van der Waals surface area contributed by atoms with Crippen molar-refractivity contribution in [3.63, 3.8) is 0 Å². The lowest BCUT2D eigenvalue weighted by Crippen LogP contribution is -2.41. The van der Waals surface area contributed by atoms with Crippen LogP contribution >= 0.6 is 11.3 Å².